The monoisotopic (exact) mass is 301 g/mol. The van der Waals surface area contributed by atoms with E-state index in [1.54, 1.807) is 0 Å². The van der Waals surface area contributed by atoms with E-state index >= 15 is 0 Å². The van der Waals surface area contributed by atoms with Gasteiger partial charge >= 0.3 is 0 Å². The lowest BCUT2D eigenvalue weighted by Crippen LogP contribution is -2.34. The summed E-state index contributed by atoms with van der Waals surface area (Å²) >= 11 is 5.37. The van der Waals surface area contributed by atoms with Gasteiger partial charge in [-0.2, -0.15) is 0 Å². The van der Waals surface area contributed by atoms with Crippen molar-refractivity contribution in [2.75, 3.05) is 12.8 Å². The van der Waals surface area contributed by atoms with Crippen LogP contribution in [0, 0.1) is 5.92 Å². The molecule has 16 heavy (non-hydrogen) atoms. The van der Waals surface area contributed by atoms with Crippen molar-refractivity contribution >= 4 is 27.7 Å². The average molecular weight is 302 g/mol. The Morgan fingerprint density at radius 3 is 2.44 bits per heavy atom. The van der Waals surface area contributed by atoms with Gasteiger partial charge in [-0.15, -0.1) is 11.8 Å². The zero-order valence-electron chi connectivity index (χ0n) is 10.2. The van der Waals surface area contributed by atoms with Crippen molar-refractivity contribution < 1.29 is 0 Å². The van der Waals surface area contributed by atoms with E-state index in [2.05, 4.69) is 66.4 Å². The molecule has 1 aromatic rings. The molecule has 0 saturated carbocycles. The first-order valence-corrected chi connectivity index (χ1v) is 7.50. The molecular formula is C13H20BrNS. The van der Waals surface area contributed by atoms with Crippen molar-refractivity contribution in [1.29, 1.82) is 0 Å². The van der Waals surface area contributed by atoms with Crippen LogP contribution in [-0.2, 0) is 0 Å². The van der Waals surface area contributed by atoms with Crippen molar-refractivity contribution in [1.82, 2.24) is 5.32 Å². The van der Waals surface area contributed by atoms with E-state index in [1.165, 1.54) is 11.3 Å². The predicted molar refractivity (Wildman–Crippen MR) is 77.2 cm³/mol. The Morgan fingerprint density at radius 2 is 1.94 bits per heavy atom. The summed E-state index contributed by atoms with van der Waals surface area (Å²) in [4.78, 5) is 1.34. The van der Waals surface area contributed by atoms with Crippen LogP contribution in [-0.4, -0.2) is 18.8 Å². The Bertz CT molecular complexity index is 299. The van der Waals surface area contributed by atoms with Crippen LogP contribution in [0.2, 0.25) is 0 Å². The third-order valence-electron chi connectivity index (χ3n) is 2.94. The first kappa shape index (κ1) is 14.1. The minimum Gasteiger partial charge on any atom is -0.316 e. The van der Waals surface area contributed by atoms with E-state index in [0.29, 0.717) is 6.04 Å². The highest BCUT2D eigenvalue weighted by Gasteiger charge is 2.13. The van der Waals surface area contributed by atoms with Gasteiger partial charge in [0.25, 0.3) is 0 Å². The molecule has 0 aliphatic carbocycles. The number of rotatable bonds is 6. The maximum atomic E-state index is 3.45. The van der Waals surface area contributed by atoms with Gasteiger partial charge in [-0.25, -0.2) is 0 Å². The van der Waals surface area contributed by atoms with Crippen LogP contribution >= 0.6 is 27.7 Å². The third-order valence-corrected chi connectivity index (χ3v) is 4.60. The SMILES string of the molecule is CCC(C)C(CSc1ccc(Br)cc1)NC. The van der Waals surface area contributed by atoms with E-state index in [4.69, 9.17) is 0 Å². The summed E-state index contributed by atoms with van der Waals surface area (Å²) in [5, 5.41) is 3.40. The Morgan fingerprint density at radius 1 is 1.31 bits per heavy atom. The van der Waals surface area contributed by atoms with Crippen molar-refractivity contribution in [3.63, 3.8) is 0 Å². The number of benzene rings is 1. The van der Waals surface area contributed by atoms with Crippen molar-refractivity contribution in [3.8, 4) is 0 Å². The van der Waals surface area contributed by atoms with Crippen LogP contribution in [0.4, 0.5) is 0 Å². The molecule has 0 heterocycles. The lowest BCUT2D eigenvalue weighted by atomic mass is 10.0. The lowest BCUT2D eigenvalue weighted by molar-refractivity contribution is 0.420. The molecule has 1 rings (SSSR count). The van der Waals surface area contributed by atoms with E-state index < -0.39 is 0 Å². The summed E-state index contributed by atoms with van der Waals surface area (Å²) in [5.41, 5.74) is 0. The van der Waals surface area contributed by atoms with Crippen LogP contribution in [0.25, 0.3) is 0 Å². The molecule has 3 heteroatoms. The highest BCUT2D eigenvalue weighted by Crippen LogP contribution is 2.23. The molecule has 1 nitrogen and oxygen atoms in total. The number of hydrogen-bond donors (Lipinski definition) is 1. The lowest BCUT2D eigenvalue weighted by Gasteiger charge is -2.21. The van der Waals surface area contributed by atoms with Gasteiger partial charge in [0.05, 0.1) is 0 Å². The van der Waals surface area contributed by atoms with Gasteiger partial charge in [0.2, 0.25) is 0 Å². The Hall–Kier alpha value is 0.01000. The van der Waals surface area contributed by atoms with E-state index in [9.17, 15) is 0 Å². The van der Waals surface area contributed by atoms with Crippen molar-refractivity contribution in [2.24, 2.45) is 5.92 Å². The minimum absolute atomic E-state index is 0.596. The van der Waals surface area contributed by atoms with Crippen LogP contribution in [0.3, 0.4) is 0 Å². The maximum absolute atomic E-state index is 3.45. The molecule has 2 atom stereocenters. The molecule has 0 amide bonds. The fourth-order valence-electron chi connectivity index (χ4n) is 1.53. The molecule has 0 spiro atoms. The summed E-state index contributed by atoms with van der Waals surface area (Å²) in [6.45, 7) is 4.56. The second-order valence-electron chi connectivity index (χ2n) is 4.05. The highest BCUT2D eigenvalue weighted by atomic mass is 79.9. The summed E-state index contributed by atoms with van der Waals surface area (Å²) < 4.78 is 1.14. The van der Waals surface area contributed by atoms with Crippen LogP contribution < -0.4 is 5.32 Å². The van der Waals surface area contributed by atoms with Gasteiger partial charge in [-0.1, -0.05) is 36.2 Å². The van der Waals surface area contributed by atoms with Crippen LogP contribution in [0.15, 0.2) is 33.6 Å². The summed E-state index contributed by atoms with van der Waals surface area (Å²) in [5.74, 6) is 1.86. The average Bonchev–Trinajstić information content (AvgIpc) is 2.31. The second-order valence-corrected chi connectivity index (χ2v) is 6.05. The first-order chi connectivity index (χ1) is 7.67. The summed E-state index contributed by atoms with van der Waals surface area (Å²) in [6.07, 6.45) is 1.23. The third kappa shape index (κ3) is 4.48. The molecular weight excluding hydrogens is 282 g/mol. The number of thioether (sulfide) groups is 1. The minimum atomic E-state index is 0.596. The number of halogens is 1. The van der Waals surface area contributed by atoms with E-state index in [-0.39, 0.29) is 0 Å². The molecule has 1 N–H and O–H groups in total. The van der Waals surface area contributed by atoms with Crippen LogP contribution in [0.5, 0.6) is 0 Å². The zero-order chi connectivity index (χ0) is 12.0. The molecule has 0 bridgehead atoms. The summed E-state index contributed by atoms with van der Waals surface area (Å²) in [7, 11) is 2.05. The maximum Gasteiger partial charge on any atom is 0.0184 e. The van der Waals surface area contributed by atoms with E-state index in [1.807, 2.05) is 11.8 Å². The fourth-order valence-corrected chi connectivity index (χ4v) is 2.99. The Labute approximate surface area is 112 Å². The Balaban J connectivity index is 2.46. The van der Waals surface area contributed by atoms with Gasteiger partial charge in [0.15, 0.2) is 0 Å². The van der Waals surface area contributed by atoms with Gasteiger partial charge in [0, 0.05) is 21.2 Å². The zero-order valence-corrected chi connectivity index (χ0v) is 12.6. The molecule has 0 saturated heterocycles. The molecule has 0 radical (unpaired) electrons. The van der Waals surface area contributed by atoms with Gasteiger partial charge in [-0.3, -0.25) is 0 Å². The summed E-state index contributed by atoms with van der Waals surface area (Å²) in [6, 6.07) is 9.12. The topological polar surface area (TPSA) is 12.0 Å². The smallest absolute Gasteiger partial charge is 0.0184 e. The predicted octanol–water partition coefficient (Wildman–Crippen LogP) is 4.18. The van der Waals surface area contributed by atoms with Gasteiger partial charge in [0.1, 0.15) is 0 Å². The quantitative estimate of drug-likeness (QED) is 0.791. The number of hydrogen-bond acceptors (Lipinski definition) is 2. The Kier molecular flexibility index (Phi) is 6.47. The van der Waals surface area contributed by atoms with Gasteiger partial charge in [-0.05, 0) is 37.2 Å². The highest BCUT2D eigenvalue weighted by molar-refractivity contribution is 9.10. The molecule has 0 aliphatic rings. The van der Waals surface area contributed by atoms with Crippen LogP contribution in [0.1, 0.15) is 20.3 Å². The molecule has 90 valence electrons. The molecule has 0 aromatic heterocycles. The first-order valence-electron chi connectivity index (χ1n) is 5.73. The van der Waals surface area contributed by atoms with Crippen molar-refractivity contribution in [3.05, 3.63) is 28.7 Å². The molecule has 0 aliphatic heterocycles. The number of nitrogens with one attached hydrogen (secondary N) is 1. The van der Waals surface area contributed by atoms with Crippen molar-refractivity contribution in [2.45, 2.75) is 31.2 Å². The van der Waals surface area contributed by atoms with Gasteiger partial charge < -0.3 is 5.32 Å². The largest absolute Gasteiger partial charge is 0.316 e. The standard InChI is InChI=1S/C13H20BrNS/c1-4-10(2)13(15-3)9-16-12-7-5-11(14)6-8-12/h5-8,10,13,15H,4,9H2,1-3H3. The molecule has 0 fully saturated rings. The normalized spacial score (nSPS) is 14.8. The van der Waals surface area contributed by atoms with E-state index in [0.717, 1.165) is 16.1 Å². The molecule has 1 aromatic carbocycles. The fraction of sp³-hybridized carbons (Fsp3) is 0.538. The second kappa shape index (κ2) is 7.36. The molecule has 2 unspecified atom stereocenters.